The van der Waals surface area contributed by atoms with Gasteiger partial charge in [-0.15, -0.1) is 0 Å². The zero-order valence-electron chi connectivity index (χ0n) is 24.3. The Balaban J connectivity index is 1.18. The van der Waals surface area contributed by atoms with Crippen molar-refractivity contribution in [1.29, 1.82) is 10.5 Å². The summed E-state index contributed by atoms with van der Waals surface area (Å²) in [5.74, 6) is 1.56. The first-order chi connectivity index (χ1) is 21.7. The number of rotatable bonds is 12. The van der Waals surface area contributed by atoms with E-state index in [2.05, 4.69) is 21.3 Å². The van der Waals surface area contributed by atoms with Gasteiger partial charge in [0.1, 0.15) is 24.7 Å². The first kappa shape index (κ1) is 29.5. The zero-order chi connectivity index (χ0) is 30.4. The fraction of sp³-hybridized carbons (Fsp3) is 0.105. The maximum Gasteiger partial charge on any atom is 0.182 e. The second-order valence-corrected chi connectivity index (χ2v) is 9.98. The minimum Gasteiger partial charge on any atom is -0.487 e. The van der Waals surface area contributed by atoms with Gasteiger partial charge in [0.25, 0.3) is 0 Å². The molecule has 6 heteroatoms. The van der Waals surface area contributed by atoms with Gasteiger partial charge in [0.15, 0.2) is 37.9 Å². The van der Waals surface area contributed by atoms with Crippen LogP contribution in [0.4, 0.5) is 0 Å². The minimum atomic E-state index is 0.537. The van der Waals surface area contributed by atoms with Gasteiger partial charge in [-0.05, 0) is 58.7 Å². The normalized spacial score (nSPS) is 11.3. The van der Waals surface area contributed by atoms with Crippen molar-refractivity contribution in [3.63, 3.8) is 0 Å². The summed E-state index contributed by atoms with van der Waals surface area (Å²) in [6.45, 7) is 2.64. The summed E-state index contributed by atoms with van der Waals surface area (Å²) in [5, 5.41) is 19.7. The number of aromatic nitrogens is 2. The number of benzene rings is 3. The number of hydrogen-bond acceptors (Lipinski definition) is 4. The van der Waals surface area contributed by atoms with E-state index in [0.717, 1.165) is 46.8 Å². The fourth-order valence-electron chi connectivity index (χ4n) is 4.55. The number of hydrogen-bond donors (Lipinski definition) is 0. The van der Waals surface area contributed by atoms with E-state index in [1.165, 1.54) is 0 Å². The molecular weight excluding hydrogens is 544 g/mol. The average Bonchev–Trinajstić information content (AvgIpc) is 3.08. The fourth-order valence-corrected chi connectivity index (χ4v) is 4.55. The molecule has 0 aliphatic carbocycles. The predicted octanol–water partition coefficient (Wildman–Crippen LogP) is 6.55. The topological polar surface area (TPSA) is 73.8 Å². The Kier molecular flexibility index (Phi) is 10.3. The molecule has 0 radical (unpaired) electrons. The van der Waals surface area contributed by atoms with Crippen molar-refractivity contribution in [2.24, 2.45) is 0 Å². The van der Waals surface area contributed by atoms with E-state index in [9.17, 15) is 10.5 Å². The van der Waals surface area contributed by atoms with Gasteiger partial charge >= 0.3 is 0 Å². The Bertz CT molecular complexity index is 1650. The van der Waals surface area contributed by atoms with Crippen molar-refractivity contribution < 1.29 is 18.6 Å². The van der Waals surface area contributed by atoms with E-state index >= 15 is 0 Å². The summed E-state index contributed by atoms with van der Waals surface area (Å²) in [6, 6.07) is 39.4. The molecule has 6 nitrogen and oxygen atoms in total. The summed E-state index contributed by atoms with van der Waals surface area (Å²) >= 11 is 0. The third kappa shape index (κ3) is 8.52. The predicted molar refractivity (Wildman–Crippen MR) is 171 cm³/mol. The van der Waals surface area contributed by atoms with E-state index in [-0.39, 0.29) is 0 Å². The Morgan fingerprint density at radius 2 is 0.886 bits per heavy atom. The van der Waals surface area contributed by atoms with E-state index in [1.54, 1.807) is 0 Å². The second kappa shape index (κ2) is 15.3. The van der Waals surface area contributed by atoms with Gasteiger partial charge in [-0.1, -0.05) is 60.7 Å². The van der Waals surface area contributed by atoms with Crippen LogP contribution in [0.2, 0.25) is 0 Å². The van der Waals surface area contributed by atoms with Crippen LogP contribution in [0, 0.1) is 22.7 Å². The van der Waals surface area contributed by atoms with Gasteiger partial charge in [-0.25, -0.2) is 9.13 Å². The highest BCUT2D eigenvalue weighted by atomic mass is 16.5. The highest BCUT2D eigenvalue weighted by molar-refractivity contribution is 5.92. The molecule has 2 aromatic heterocycles. The quantitative estimate of drug-likeness (QED) is 0.0960. The number of ether oxygens (including phenoxy) is 2. The van der Waals surface area contributed by atoms with Crippen LogP contribution in [0.1, 0.15) is 22.3 Å². The van der Waals surface area contributed by atoms with Crippen molar-refractivity contribution in [3.8, 4) is 23.6 Å². The Hall–Kier alpha value is -5.98. The molecule has 0 bridgehead atoms. The van der Waals surface area contributed by atoms with Crippen LogP contribution < -0.4 is 18.6 Å². The van der Waals surface area contributed by atoms with Crippen LogP contribution in [-0.4, -0.2) is 13.2 Å². The van der Waals surface area contributed by atoms with Crippen LogP contribution >= 0.6 is 0 Å². The lowest BCUT2D eigenvalue weighted by Gasteiger charge is -2.06. The number of nitriles is 2. The van der Waals surface area contributed by atoms with Gasteiger partial charge in [-0.2, -0.15) is 10.5 Å². The Morgan fingerprint density at radius 3 is 1.23 bits per heavy atom. The molecule has 2 heterocycles. The summed E-state index contributed by atoms with van der Waals surface area (Å²) in [6.07, 6.45) is 11.7. The highest BCUT2D eigenvalue weighted by Gasteiger charge is 2.07. The van der Waals surface area contributed by atoms with Crippen molar-refractivity contribution in [2.45, 2.75) is 13.1 Å². The zero-order valence-corrected chi connectivity index (χ0v) is 24.3. The third-order valence-corrected chi connectivity index (χ3v) is 6.92. The van der Waals surface area contributed by atoms with E-state index in [4.69, 9.17) is 9.47 Å². The number of pyridine rings is 2. The molecule has 0 N–H and O–H groups in total. The molecule has 44 heavy (non-hydrogen) atoms. The van der Waals surface area contributed by atoms with E-state index in [1.807, 2.05) is 146 Å². The van der Waals surface area contributed by atoms with Crippen molar-refractivity contribution >= 4 is 23.3 Å². The van der Waals surface area contributed by atoms with Crippen molar-refractivity contribution in [2.75, 3.05) is 13.2 Å². The van der Waals surface area contributed by atoms with Crippen LogP contribution in [-0.2, 0) is 13.1 Å². The maximum absolute atomic E-state index is 9.85. The monoisotopic (exact) mass is 576 g/mol. The largest absolute Gasteiger partial charge is 0.487 e. The summed E-state index contributed by atoms with van der Waals surface area (Å²) in [7, 11) is 0. The average molecular weight is 577 g/mol. The standard InChI is InChI=1S/C38H32N4O2/c39-29-35(27-31-7-15-37(16-8-31)43-25-23-41-19-3-1-4-20-41)33-11-13-34(14-12-33)36(30-40)28-32-9-17-38(18-10-32)44-26-24-42-21-5-2-6-22-42/h1-22,27-28H,23-26H2/q+2/b35-27+,36-28+. The number of nitrogens with zero attached hydrogens (tertiary/aromatic N) is 4. The first-order valence-electron chi connectivity index (χ1n) is 14.4. The van der Waals surface area contributed by atoms with Crippen LogP contribution in [0.5, 0.6) is 11.5 Å². The molecule has 0 amide bonds. The summed E-state index contributed by atoms with van der Waals surface area (Å²) < 4.78 is 15.9. The Morgan fingerprint density at radius 1 is 0.523 bits per heavy atom. The van der Waals surface area contributed by atoms with Crippen molar-refractivity contribution in [1.82, 2.24) is 0 Å². The number of allylic oxidation sites excluding steroid dienone is 2. The molecule has 0 fully saturated rings. The molecule has 0 saturated carbocycles. The lowest BCUT2D eigenvalue weighted by molar-refractivity contribution is -0.697. The molecule has 0 spiro atoms. The van der Waals surface area contributed by atoms with Crippen molar-refractivity contribution in [3.05, 3.63) is 156 Å². The molecule has 0 aliphatic rings. The molecule has 0 atom stereocenters. The SMILES string of the molecule is N#C/C(=C\c1ccc(OCC[n+]2ccccc2)cc1)c1ccc(/C(C#N)=C/c2ccc(OCC[n+]3ccccc3)cc2)cc1. The first-order valence-corrected chi connectivity index (χ1v) is 14.4. The van der Waals surface area contributed by atoms with Gasteiger partial charge in [0.2, 0.25) is 0 Å². The lowest BCUT2D eigenvalue weighted by atomic mass is 9.99. The maximum atomic E-state index is 9.85. The molecule has 5 aromatic rings. The van der Waals surface area contributed by atoms with Gasteiger partial charge in [0.05, 0.1) is 23.3 Å². The van der Waals surface area contributed by atoms with E-state index in [0.29, 0.717) is 24.4 Å². The van der Waals surface area contributed by atoms with Crippen LogP contribution in [0.3, 0.4) is 0 Å². The smallest absolute Gasteiger partial charge is 0.182 e. The molecule has 0 unspecified atom stereocenters. The molecule has 0 aliphatic heterocycles. The van der Waals surface area contributed by atoms with Gasteiger partial charge < -0.3 is 9.47 Å². The summed E-state index contributed by atoms with van der Waals surface area (Å²) in [5.41, 5.74) is 4.44. The Labute approximate surface area is 258 Å². The van der Waals surface area contributed by atoms with Gasteiger partial charge in [-0.3, -0.25) is 0 Å². The van der Waals surface area contributed by atoms with E-state index < -0.39 is 0 Å². The minimum absolute atomic E-state index is 0.537. The molecule has 214 valence electrons. The molecule has 0 saturated heterocycles. The van der Waals surface area contributed by atoms with Crippen LogP contribution in [0.25, 0.3) is 23.3 Å². The van der Waals surface area contributed by atoms with Gasteiger partial charge in [0, 0.05) is 24.3 Å². The third-order valence-electron chi connectivity index (χ3n) is 6.92. The molecular formula is C38H32N4O2+2. The molecule has 5 rings (SSSR count). The molecule has 3 aromatic carbocycles. The highest BCUT2D eigenvalue weighted by Crippen LogP contribution is 2.24. The summed E-state index contributed by atoms with van der Waals surface area (Å²) in [4.78, 5) is 0. The lowest BCUT2D eigenvalue weighted by Crippen LogP contribution is -2.35. The second-order valence-electron chi connectivity index (χ2n) is 9.98. The van der Waals surface area contributed by atoms with Crippen LogP contribution in [0.15, 0.2) is 134 Å².